The summed E-state index contributed by atoms with van der Waals surface area (Å²) >= 11 is 1.58. The monoisotopic (exact) mass is 453 g/mol. The number of morpholine rings is 2. The fourth-order valence-electron chi connectivity index (χ4n) is 3.94. The van der Waals surface area contributed by atoms with Gasteiger partial charge < -0.3 is 19.7 Å². The molecule has 1 aromatic carbocycles. The third-order valence-electron chi connectivity index (χ3n) is 5.80. The van der Waals surface area contributed by atoms with Crippen LogP contribution in [0.5, 0.6) is 0 Å². The van der Waals surface area contributed by atoms with Crippen LogP contribution in [-0.4, -0.2) is 86.5 Å². The molecule has 0 atom stereocenters. The van der Waals surface area contributed by atoms with Gasteiger partial charge in [-0.2, -0.15) is 0 Å². The van der Waals surface area contributed by atoms with E-state index in [0.717, 1.165) is 85.8 Å². The summed E-state index contributed by atoms with van der Waals surface area (Å²) in [7, 11) is 0. The minimum atomic E-state index is -0.0494. The summed E-state index contributed by atoms with van der Waals surface area (Å²) < 4.78 is 11.8. The first kappa shape index (κ1) is 21.3. The second-order valence-electron chi connectivity index (χ2n) is 7.92. The van der Waals surface area contributed by atoms with E-state index in [1.165, 1.54) is 0 Å². The number of pyridine rings is 1. The van der Waals surface area contributed by atoms with Gasteiger partial charge in [0.1, 0.15) is 10.8 Å². The average Bonchev–Trinajstić information content (AvgIpc) is 3.29. The van der Waals surface area contributed by atoms with Crippen molar-refractivity contribution in [2.45, 2.75) is 0 Å². The Morgan fingerprint density at radius 1 is 1.03 bits per heavy atom. The van der Waals surface area contributed by atoms with Crippen LogP contribution in [0.2, 0.25) is 0 Å². The molecule has 2 fully saturated rings. The van der Waals surface area contributed by atoms with Crippen molar-refractivity contribution in [3.8, 4) is 10.6 Å². The highest BCUT2D eigenvalue weighted by Gasteiger charge is 2.15. The summed E-state index contributed by atoms with van der Waals surface area (Å²) in [5, 5.41) is 3.93. The van der Waals surface area contributed by atoms with E-state index in [2.05, 4.69) is 26.2 Å². The topological polar surface area (TPSA) is 79.8 Å². The van der Waals surface area contributed by atoms with Crippen molar-refractivity contribution in [2.24, 2.45) is 0 Å². The highest BCUT2D eigenvalue weighted by molar-refractivity contribution is 7.21. The van der Waals surface area contributed by atoms with Gasteiger partial charge in [-0.15, -0.1) is 11.3 Å². The smallest absolute Gasteiger partial charge is 0.251 e. The van der Waals surface area contributed by atoms with Crippen LogP contribution in [0.15, 0.2) is 36.5 Å². The summed E-state index contributed by atoms with van der Waals surface area (Å²) in [6, 6.07) is 9.79. The minimum absolute atomic E-state index is 0.0494. The number of rotatable bonds is 6. The van der Waals surface area contributed by atoms with E-state index in [4.69, 9.17) is 14.5 Å². The number of fused-ring (bicyclic) bond motifs is 1. The molecule has 168 valence electrons. The van der Waals surface area contributed by atoms with Crippen LogP contribution < -0.4 is 10.2 Å². The lowest BCUT2D eigenvalue weighted by Crippen LogP contribution is -2.41. The number of anilines is 1. The Hall–Kier alpha value is -2.59. The molecule has 4 heterocycles. The van der Waals surface area contributed by atoms with Gasteiger partial charge >= 0.3 is 0 Å². The zero-order valence-corrected chi connectivity index (χ0v) is 18.8. The number of carbonyl (C=O) groups excluding carboxylic acids is 1. The molecule has 3 aromatic rings. The highest BCUT2D eigenvalue weighted by Crippen LogP contribution is 2.31. The Morgan fingerprint density at radius 2 is 1.81 bits per heavy atom. The number of benzene rings is 1. The third kappa shape index (κ3) is 4.91. The first-order chi connectivity index (χ1) is 15.8. The molecule has 0 unspecified atom stereocenters. The molecule has 9 heteroatoms. The number of aromatic nitrogens is 2. The molecular formula is C23H27N5O3S. The third-order valence-corrected chi connectivity index (χ3v) is 6.87. The summed E-state index contributed by atoms with van der Waals surface area (Å²) in [4.78, 5) is 26.5. The summed E-state index contributed by atoms with van der Waals surface area (Å²) in [5.74, 6) is 0.917. The van der Waals surface area contributed by atoms with E-state index < -0.39 is 0 Å². The molecule has 2 aliphatic rings. The molecule has 2 saturated heterocycles. The van der Waals surface area contributed by atoms with Gasteiger partial charge in [0.25, 0.3) is 5.91 Å². The van der Waals surface area contributed by atoms with Gasteiger partial charge in [-0.25, -0.2) is 9.97 Å². The molecule has 0 aliphatic carbocycles. The normalized spacial score (nSPS) is 17.6. The largest absolute Gasteiger partial charge is 0.379 e. The second kappa shape index (κ2) is 9.91. The molecule has 32 heavy (non-hydrogen) atoms. The Labute approximate surface area is 191 Å². The van der Waals surface area contributed by atoms with Crippen molar-refractivity contribution in [1.82, 2.24) is 20.2 Å². The van der Waals surface area contributed by atoms with Gasteiger partial charge in [-0.1, -0.05) is 0 Å². The molecule has 2 aromatic heterocycles. The number of nitrogens with one attached hydrogen (secondary N) is 1. The second-order valence-corrected chi connectivity index (χ2v) is 8.95. The molecule has 1 N–H and O–H groups in total. The van der Waals surface area contributed by atoms with E-state index in [0.29, 0.717) is 12.1 Å². The molecule has 0 radical (unpaired) electrons. The first-order valence-electron chi connectivity index (χ1n) is 11.0. The lowest BCUT2D eigenvalue weighted by Gasteiger charge is -2.27. The zero-order chi connectivity index (χ0) is 21.8. The van der Waals surface area contributed by atoms with Gasteiger partial charge in [0, 0.05) is 56.6 Å². The maximum atomic E-state index is 12.6. The van der Waals surface area contributed by atoms with Crippen LogP contribution in [-0.2, 0) is 9.47 Å². The molecular weight excluding hydrogens is 426 g/mol. The van der Waals surface area contributed by atoms with Crippen LogP contribution in [0.4, 0.5) is 5.82 Å². The van der Waals surface area contributed by atoms with E-state index in [1.54, 1.807) is 11.3 Å². The maximum absolute atomic E-state index is 12.6. The summed E-state index contributed by atoms with van der Waals surface area (Å²) in [6.07, 6.45) is 1.88. The van der Waals surface area contributed by atoms with Crippen molar-refractivity contribution in [2.75, 3.05) is 70.6 Å². The van der Waals surface area contributed by atoms with E-state index in [-0.39, 0.29) is 5.91 Å². The Balaban J connectivity index is 1.23. The van der Waals surface area contributed by atoms with Gasteiger partial charge in [0.05, 0.1) is 36.6 Å². The fraction of sp³-hybridized carbons (Fsp3) is 0.435. The lowest BCUT2D eigenvalue weighted by atomic mass is 10.2. The molecule has 0 saturated carbocycles. The predicted molar refractivity (Wildman–Crippen MR) is 125 cm³/mol. The average molecular weight is 454 g/mol. The van der Waals surface area contributed by atoms with Crippen molar-refractivity contribution < 1.29 is 14.3 Å². The highest BCUT2D eigenvalue weighted by atomic mass is 32.1. The van der Waals surface area contributed by atoms with Crippen LogP contribution in [0.25, 0.3) is 20.8 Å². The first-order valence-corrected chi connectivity index (χ1v) is 11.9. The van der Waals surface area contributed by atoms with Crippen molar-refractivity contribution in [3.05, 3.63) is 42.1 Å². The van der Waals surface area contributed by atoms with Crippen LogP contribution in [0.1, 0.15) is 10.4 Å². The van der Waals surface area contributed by atoms with Crippen LogP contribution in [0.3, 0.4) is 0 Å². The molecule has 8 nitrogen and oxygen atoms in total. The Morgan fingerprint density at radius 3 is 2.56 bits per heavy atom. The van der Waals surface area contributed by atoms with Gasteiger partial charge in [-0.3, -0.25) is 9.69 Å². The summed E-state index contributed by atoms with van der Waals surface area (Å²) in [5.41, 5.74) is 2.54. The van der Waals surface area contributed by atoms with Gasteiger partial charge in [0.2, 0.25) is 0 Å². The Bertz CT molecular complexity index is 1060. The van der Waals surface area contributed by atoms with Gasteiger partial charge in [0.15, 0.2) is 0 Å². The van der Waals surface area contributed by atoms with Crippen LogP contribution >= 0.6 is 11.3 Å². The number of amides is 1. The number of thiazole rings is 1. The van der Waals surface area contributed by atoms with E-state index in [9.17, 15) is 4.79 Å². The minimum Gasteiger partial charge on any atom is -0.379 e. The standard InChI is InChI=1S/C23H27N5O3S/c29-22(24-5-6-27-7-11-30-12-8-27)17-1-3-19-20(15-17)32-23(26-19)18-2-4-21(25-16-18)28-9-13-31-14-10-28/h1-4,15-16H,5-14H2,(H,24,29). The number of nitrogens with zero attached hydrogens (tertiary/aromatic N) is 4. The maximum Gasteiger partial charge on any atom is 0.251 e. The predicted octanol–water partition coefficient (Wildman–Crippen LogP) is 2.26. The number of carbonyl (C=O) groups is 1. The number of hydrogen-bond donors (Lipinski definition) is 1. The molecule has 5 rings (SSSR count). The fourth-order valence-corrected chi connectivity index (χ4v) is 4.93. The number of hydrogen-bond acceptors (Lipinski definition) is 8. The molecule has 0 spiro atoms. The van der Waals surface area contributed by atoms with Crippen molar-refractivity contribution in [1.29, 1.82) is 0 Å². The lowest BCUT2D eigenvalue weighted by molar-refractivity contribution is 0.0383. The van der Waals surface area contributed by atoms with Crippen molar-refractivity contribution >= 4 is 33.3 Å². The van der Waals surface area contributed by atoms with Crippen molar-refractivity contribution in [3.63, 3.8) is 0 Å². The molecule has 2 aliphatic heterocycles. The molecule has 1 amide bonds. The van der Waals surface area contributed by atoms with Gasteiger partial charge in [-0.05, 0) is 30.3 Å². The Kier molecular flexibility index (Phi) is 6.59. The number of ether oxygens (including phenoxy) is 2. The SMILES string of the molecule is O=C(NCCN1CCOCC1)c1ccc2nc(-c3ccc(N4CCOCC4)nc3)sc2c1. The summed E-state index contributed by atoms with van der Waals surface area (Å²) in [6.45, 7) is 8.07. The molecule has 0 bridgehead atoms. The quantitative estimate of drug-likeness (QED) is 0.613. The van der Waals surface area contributed by atoms with E-state index in [1.807, 2.05) is 30.5 Å². The van der Waals surface area contributed by atoms with Crippen LogP contribution in [0, 0.1) is 0 Å². The van der Waals surface area contributed by atoms with E-state index >= 15 is 0 Å². The zero-order valence-electron chi connectivity index (χ0n) is 18.0.